The number of esters is 1. The molecule has 0 spiro atoms. The van der Waals surface area contributed by atoms with Gasteiger partial charge in [0.05, 0.1) is 12.0 Å². The van der Waals surface area contributed by atoms with Crippen LogP contribution in [-0.2, 0) is 16.1 Å². The predicted octanol–water partition coefficient (Wildman–Crippen LogP) is 2.55. The second-order valence-corrected chi connectivity index (χ2v) is 6.04. The molecular formula is C16H15NO4S. The third-order valence-corrected chi connectivity index (χ3v) is 4.67. The molecule has 1 aliphatic rings. The van der Waals surface area contributed by atoms with Gasteiger partial charge in [-0.2, -0.15) is 0 Å². The van der Waals surface area contributed by atoms with Gasteiger partial charge in [0.25, 0.3) is 5.91 Å². The molecule has 22 heavy (non-hydrogen) atoms. The Morgan fingerprint density at radius 2 is 2.14 bits per heavy atom. The van der Waals surface area contributed by atoms with Crippen molar-refractivity contribution in [2.45, 2.75) is 6.61 Å². The fourth-order valence-electron chi connectivity index (χ4n) is 2.32. The van der Waals surface area contributed by atoms with Crippen molar-refractivity contribution in [3.8, 4) is 16.2 Å². The lowest BCUT2D eigenvalue weighted by molar-refractivity contribution is -0.141. The molecule has 0 aliphatic carbocycles. The van der Waals surface area contributed by atoms with Crippen molar-refractivity contribution in [3.05, 3.63) is 40.8 Å². The lowest BCUT2D eigenvalue weighted by atomic mass is 10.1. The number of methoxy groups -OCH3 is 1. The molecule has 0 unspecified atom stereocenters. The lowest BCUT2D eigenvalue weighted by Gasteiger charge is -2.16. The van der Waals surface area contributed by atoms with E-state index in [0.29, 0.717) is 11.5 Å². The van der Waals surface area contributed by atoms with E-state index in [4.69, 9.17) is 4.74 Å². The van der Waals surface area contributed by atoms with E-state index in [0.717, 1.165) is 21.8 Å². The molecule has 5 nitrogen and oxygen atoms in total. The number of hydrogen-bond acceptors (Lipinski definition) is 5. The molecule has 0 saturated heterocycles. The number of nitrogens with zero attached hydrogens (tertiary/aromatic N) is 1. The van der Waals surface area contributed by atoms with Crippen LogP contribution in [0.2, 0.25) is 0 Å². The van der Waals surface area contributed by atoms with Crippen molar-refractivity contribution < 1.29 is 19.1 Å². The van der Waals surface area contributed by atoms with E-state index in [9.17, 15) is 9.59 Å². The van der Waals surface area contributed by atoms with Gasteiger partial charge in [-0.1, -0.05) is 12.1 Å². The monoisotopic (exact) mass is 317 g/mol. The molecule has 0 atom stereocenters. The van der Waals surface area contributed by atoms with Gasteiger partial charge in [0.1, 0.15) is 18.9 Å². The van der Waals surface area contributed by atoms with Crippen LogP contribution in [-0.4, -0.2) is 37.5 Å². The Hall–Kier alpha value is -2.34. The van der Waals surface area contributed by atoms with Gasteiger partial charge in [-0.25, -0.2) is 0 Å². The Balaban J connectivity index is 1.88. The molecule has 1 aliphatic heterocycles. The van der Waals surface area contributed by atoms with E-state index >= 15 is 0 Å². The average Bonchev–Trinajstić information content (AvgIpc) is 2.98. The number of hydrogen-bond donors (Lipinski definition) is 0. The van der Waals surface area contributed by atoms with Crippen molar-refractivity contribution in [1.82, 2.24) is 4.90 Å². The van der Waals surface area contributed by atoms with Gasteiger partial charge < -0.3 is 14.4 Å². The van der Waals surface area contributed by atoms with E-state index in [-0.39, 0.29) is 12.5 Å². The van der Waals surface area contributed by atoms with Crippen molar-refractivity contribution in [2.24, 2.45) is 0 Å². The van der Waals surface area contributed by atoms with Crippen molar-refractivity contribution in [1.29, 1.82) is 0 Å². The van der Waals surface area contributed by atoms with Crippen molar-refractivity contribution in [3.63, 3.8) is 0 Å². The lowest BCUT2D eigenvalue weighted by Crippen LogP contribution is -2.32. The first-order valence-electron chi connectivity index (χ1n) is 6.77. The van der Waals surface area contributed by atoms with Gasteiger partial charge >= 0.3 is 5.97 Å². The number of thiophene rings is 1. The summed E-state index contributed by atoms with van der Waals surface area (Å²) >= 11 is 1.43. The molecule has 114 valence electrons. The highest BCUT2D eigenvalue weighted by atomic mass is 32.1. The maximum absolute atomic E-state index is 12.4. The Labute approximate surface area is 132 Å². The highest BCUT2D eigenvalue weighted by Crippen LogP contribution is 2.42. The summed E-state index contributed by atoms with van der Waals surface area (Å²) in [6, 6.07) is 9.61. The molecule has 1 aromatic carbocycles. The van der Waals surface area contributed by atoms with E-state index in [1.807, 2.05) is 30.3 Å². The smallest absolute Gasteiger partial charge is 0.325 e. The topological polar surface area (TPSA) is 55.8 Å². The Morgan fingerprint density at radius 3 is 2.91 bits per heavy atom. The quantitative estimate of drug-likeness (QED) is 0.816. The SMILES string of the molecule is COC(=O)CN(C)C(=O)c1cc2c(s1)-c1ccccc1OC2. The number of rotatable bonds is 3. The van der Waals surface area contributed by atoms with Crippen molar-refractivity contribution in [2.75, 3.05) is 20.7 Å². The van der Waals surface area contributed by atoms with E-state index < -0.39 is 5.97 Å². The van der Waals surface area contributed by atoms with Gasteiger partial charge in [-0.15, -0.1) is 11.3 Å². The van der Waals surface area contributed by atoms with Gasteiger partial charge in [-0.3, -0.25) is 9.59 Å². The van der Waals surface area contributed by atoms with Crippen LogP contribution in [0.1, 0.15) is 15.2 Å². The number of amides is 1. The standard InChI is InChI=1S/C16H15NO4S/c1-17(8-14(18)20-2)16(19)13-7-10-9-21-12-6-4-3-5-11(12)15(10)22-13/h3-7H,8-9H2,1-2H3. The minimum atomic E-state index is -0.439. The van der Waals surface area contributed by atoms with Crippen LogP contribution < -0.4 is 4.74 Å². The third kappa shape index (κ3) is 2.57. The number of benzene rings is 1. The van der Waals surface area contributed by atoms with Crippen LogP contribution >= 0.6 is 11.3 Å². The number of likely N-dealkylation sites (N-methyl/N-ethyl adjacent to an activating group) is 1. The molecule has 2 heterocycles. The Morgan fingerprint density at radius 1 is 1.36 bits per heavy atom. The summed E-state index contributed by atoms with van der Waals surface area (Å²) < 4.78 is 10.3. The number of carbonyl (C=O) groups excluding carboxylic acids is 2. The normalized spacial score (nSPS) is 11.9. The molecule has 6 heteroatoms. The molecule has 1 aromatic heterocycles. The summed E-state index contributed by atoms with van der Waals surface area (Å²) in [6.45, 7) is 0.391. The first-order valence-corrected chi connectivity index (χ1v) is 7.59. The first kappa shape index (κ1) is 14.6. The zero-order valence-corrected chi connectivity index (χ0v) is 13.1. The molecule has 2 aromatic rings. The van der Waals surface area contributed by atoms with Gasteiger partial charge in [0.2, 0.25) is 0 Å². The van der Waals surface area contributed by atoms with Crippen LogP contribution in [0, 0.1) is 0 Å². The summed E-state index contributed by atoms with van der Waals surface area (Å²) in [6.07, 6.45) is 0. The molecule has 0 saturated carbocycles. The second kappa shape index (κ2) is 5.81. The van der Waals surface area contributed by atoms with Gasteiger partial charge in [-0.05, 0) is 18.2 Å². The van der Waals surface area contributed by atoms with Gasteiger partial charge in [0.15, 0.2) is 0 Å². The minimum Gasteiger partial charge on any atom is -0.488 e. The van der Waals surface area contributed by atoms with E-state index in [2.05, 4.69) is 4.74 Å². The maximum atomic E-state index is 12.4. The average molecular weight is 317 g/mol. The molecule has 0 fully saturated rings. The highest BCUT2D eigenvalue weighted by molar-refractivity contribution is 7.17. The highest BCUT2D eigenvalue weighted by Gasteiger charge is 2.24. The van der Waals surface area contributed by atoms with Crippen LogP contribution in [0.3, 0.4) is 0 Å². The van der Waals surface area contributed by atoms with Gasteiger partial charge in [0, 0.05) is 23.1 Å². The summed E-state index contributed by atoms with van der Waals surface area (Å²) in [4.78, 5) is 26.7. The van der Waals surface area contributed by atoms with Crippen LogP contribution in [0.4, 0.5) is 0 Å². The molecule has 3 rings (SSSR count). The molecule has 0 N–H and O–H groups in total. The van der Waals surface area contributed by atoms with Crippen LogP contribution in [0.15, 0.2) is 30.3 Å². The fraction of sp³-hybridized carbons (Fsp3) is 0.250. The van der Waals surface area contributed by atoms with Crippen molar-refractivity contribution >= 4 is 23.2 Å². The minimum absolute atomic E-state index is 0.0645. The van der Waals surface area contributed by atoms with Crippen LogP contribution in [0.5, 0.6) is 5.75 Å². The summed E-state index contributed by atoms with van der Waals surface area (Å²) in [5.74, 6) is 0.201. The number of para-hydroxylation sites is 1. The zero-order valence-electron chi connectivity index (χ0n) is 12.3. The molecule has 0 radical (unpaired) electrons. The molecule has 1 amide bonds. The summed E-state index contributed by atoms with van der Waals surface area (Å²) in [7, 11) is 2.89. The summed E-state index contributed by atoms with van der Waals surface area (Å²) in [5, 5.41) is 0. The largest absolute Gasteiger partial charge is 0.488 e. The third-order valence-electron chi connectivity index (χ3n) is 3.48. The number of ether oxygens (including phenoxy) is 2. The predicted molar refractivity (Wildman–Crippen MR) is 83.1 cm³/mol. The van der Waals surface area contributed by atoms with E-state index in [1.54, 1.807) is 7.05 Å². The Kier molecular flexibility index (Phi) is 3.85. The van der Waals surface area contributed by atoms with E-state index in [1.165, 1.54) is 23.3 Å². The first-order chi connectivity index (χ1) is 10.6. The maximum Gasteiger partial charge on any atom is 0.325 e. The molecule has 0 bridgehead atoms. The van der Waals surface area contributed by atoms with Crippen LogP contribution in [0.25, 0.3) is 10.4 Å². The summed E-state index contributed by atoms with van der Waals surface area (Å²) in [5.41, 5.74) is 2.00. The molecular weight excluding hydrogens is 302 g/mol. The number of carbonyl (C=O) groups is 2. The Bertz CT molecular complexity index is 737. The second-order valence-electron chi connectivity index (χ2n) is 4.99. The zero-order chi connectivity index (χ0) is 15.7. The fourth-order valence-corrected chi connectivity index (χ4v) is 3.51. The number of fused-ring (bicyclic) bond motifs is 3.